The molecule has 32 heavy (non-hydrogen) atoms. The second-order valence-corrected chi connectivity index (χ2v) is 7.99. The van der Waals surface area contributed by atoms with Crippen molar-refractivity contribution in [3.8, 4) is 29.4 Å². The summed E-state index contributed by atoms with van der Waals surface area (Å²) < 4.78 is 15.3. The maximum atomic E-state index is 12.5. The van der Waals surface area contributed by atoms with E-state index < -0.39 is 34.6 Å². The van der Waals surface area contributed by atoms with Crippen molar-refractivity contribution in [1.29, 1.82) is 5.26 Å². The van der Waals surface area contributed by atoms with E-state index in [1.165, 1.54) is 7.11 Å². The van der Waals surface area contributed by atoms with Gasteiger partial charge in [-0.1, -0.05) is 50.1 Å². The van der Waals surface area contributed by atoms with Gasteiger partial charge in [0.15, 0.2) is 6.79 Å². The van der Waals surface area contributed by atoms with Crippen molar-refractivity contribution < 1.29 is 28.9 Å². The summed E-state index contributed by atoms with van der Waals surface area (Å²) in [4.78, 5) is 24.2. The van der Waals surface area contributed by atoms with Crippen molar-refractivity contribution in [2.45, 2.75) is 19.8 Å². The third-order valence-corrected chi connectivity index (χ3v) is 5.89. The van der Waals surface area contributed by atoms with Gasteiger partial charge in [0, 0.05) is 18.9 Å². The van der Waals surface area contributed by atoms with E-state index in [-0.39, 0.29) is 6.79 Å². The molecule has 1 aliphatic carbocycles. The Bertz CT molecular complexity index is 1110. The molecule has 1 saturated carbocycles. The topological polar surface area (TPSA) is 106 Å². The molecular formula is C25H23NO6. The predicted molar refractivity (Wildman–Crippen MR) is 114 cm³/mol. The molecule has 1 N–H and O–H groups in total. The lowest BCUT2D eigenvalue weighted by molar-refractivity contribution is -0.147. The number of carbonyl (C=O) groups is 2. The fourth-order valence-corrected chi connectivity index (χ4v) is 4.25. The number of methoxy groups -OCH3 is 1. The van der Waals surface area contributed by atoms with Crippen molar-refractivity contribution in [1.82, 2.24) is 0 Å². The number of carboxylic acids is 1. The highest BCUT2D eigenvalue weighted by molar-refractivity contribution is 5.90. The molecule has 0 aromatic heterocycles. The number of carboxylic acid groups (broad SMARTS) is 1. The summed E-state index contributed by atoms with van der Waals surface area (Å²) >= 11 is 0. The van der Waals surface area contributed by atoms with Crippen molar-refractivity contribution >= 4 is 11.9 Å². The Morgan fingerprint density at radius 2 is 1.81 bits per heavy atom. The maximum Gasteiger partial charge on any atom is 0.386 e. The summed E-state index contributed by atoms with van der Waals surface area (Å²) in [6.07, 6.45) is 0. The number of ether oxygens (including phenoxy) is 3. The van der Waals surface area contributed by atoms with E-state index in [1.54, 1.807) is 50.2 Å². The van der Waals surface area contributed by atoms with Crippen LogP contribution in [0, 0.1) is 39.9 Å². The van der Waals surface area contributed by atoms with Crippen LogP contribution in [-0.2, 0) is 19.1 Å². The highest BCUT2D eigenvalue weighted by Crippen LogP contribution is 2.74. The smallest absolute Gasteiger partial charge is 0.386 e. The van der Waals surface area contributed by atoms with E-state index in [1.807, 2.05) is 18.2 Å². The molecule has 1 fully saturated rings. The molecule has 1 unspecified atom stereocenters. The molecule has 7 nitrogen and oxygen atoms in total. The molecule has 0 saturated heterocycles. The van der Waals surface area contributed by atoms with Crippen LogP contribution in [0.4, 0.5) is 0 Å². The second kappa shape index (κ2) is 9.13. The first-order chi connectivity index (χ1) is 15.3. The lowest BCUT2D eigenvalue weighted by Crippen LogP contribution is -2.28. The van der Waals surface area contributed by atoms with Crippen LogP contribution < -0.4 is 4.74 Å². The second-order valence-electron chi connectivity index (χ2n) is 7.99. The standard InChI is InChI=1S/C25H23NO6/c1-24(2)21(12-13-22(27)31-16-30-3)25(24,23(28)29)20(15-26)17-8-7-11-19(14-17)32-18-9-5-4-6-10-18/h4-11,14,20-21H,16H2,1-3H3,(H,28,29)/t20?,21-,25+/m0/s1. The van der Waals surface area contributed by atoms with Gasteiger partial charge in [0.2, 0.25) is 0 Å². The van der Waals surface area contributed by atoms with Gasteiger partial charge in [-0.2, -0.15) is 5.26 Å². The van der Waals surface area contributed by atoms with E-state index in [0.29, 0.717) is 17.1 Å². The van der Waals surface area contributed by atoms with Crippen LogP contribution in [0.2, 0.25) is 0 Å². The van der Waals surface area contributed by atoms with Gasteiger partial charge in [-0.25, -0.2) is 4.79 Å². The lowest BCUT2D eigenvalue weighted by Gasteiger charge is -2.22. The first-order valence-corrected chi connectivity index (χ1v) is 9.92. The molecule has 7 heteroatoms. The van der Waals surface area contributed by atoms with Crippen LogP contribution in [0.25, 0.3) is 0 Å². The number of nitrogens with zero attached hydrogens (tertiary/aromatic N) is 1. The number of hydrogen-bond donors (Lipinski definition) is 1. The average molecular weight is 433 g/mol. The van der Waals surface area contributed by atoms with Crippen LogP contribution in [0.1, 0.15) is 25.3 Å². The summed E-state index contributed by atoms with van der Waals surface area (Å²) in [7, 11) is 1.37. The third-order valence-electron chi connectivity index (χ3n) is 5.89. The minimum atomic E-state index is -1.50. The fraction of sp³-hybridized carbons (Fsp3) is 0.320. The minimum Gasteiger partial charge on any atom is -0.481 e. The Morgan fingerprint density at radius 3 is 2.44 bits per heavy atom. The van der Waals surface area contributed by atoms with Crippen LogP contribution >= 0.6 is 0 Å². The molecule has 2 aromatic carbocycles. The van der Waals surface area contributed by atoms with Gasteiger partial charge in [0.1, 0.15) is 16.9 Å². The zero-order chi connectivity index (χ0) is 23.4. The van der Waals surface area contributed by atoms with E-state index >= 15 is 0 Å². The number of hydrogen-bond acceptors (Lipinski definition) is 6. The van der Waals surface area contributed by atoms with E-state index in [2.05, 4.69) is 22.6 Å². The first-order valence-electron chi connectivity index (χ1n) is 9.92. The van der Waals surface area contributed by atoms with Crippen molar-refractivity contribution in [2.75, 3.05) is 13.9 Å². The van der Waals surface area contributed by atoms with Crippen molar-refractivity contribution in [3.63, 3.8) is 0 Å². The lowest BCUT2D eigenvalue weighted by atomic mass is 9.78. The Balaban J connectivity index is 1.94. The van der Waals surface area contributed by atoms with Crippen molar-refractivity contribution in [2.24, 2.45) is 16.7 Å². The Kier molecular flexibility index (Phi) is 6.53. The van der Waals surface area contributed by atoms with Gasteiger partial charge in [0.05, 0.1) is 12.0 Å². The highest BCUT2D eigenvalue weighted by Gasteiger charge is 2.79. The predicted octanol–water partition coefficient (Wildman–Crippen LogP) is 3.96. The SMILES string of the molecule is COCOC(=O)C#C[C@H]1C(C)(C)[C@]1(C(=O)O)C(C#N)c1cccc(Oc2ccccc2)c1. The number of para-hydroxylation sites is 1. The Morgan fingerprint density at radius 1 is 1.12 bits per heavy atom. The Labute approximate surface area is 186 Å². The fourth-order valence-electron chi connectivity index (χ4n) is 4.25. The quantitative estimate of drug-likeness (QED) is 0.305. The van der Waals surface area contributed by atoms with E-state index in [0.717, 1.165) is 0 Å². The molecule has 1 aliphatic rings. The summed E-state index contributed by atoms with van der Waals surface area (Å²) in [5.74, 6) is 2.46. The van der Waals surface area contributed by atoms with E-state index in [9.17, 15) is 20.0 Å². The van der Waals surface area contributed by atoms with Crippen LogP contribution in [0.5, 0.6) is 11.5 Å². The van der Waals surface area contributed by atoms with Gasteiger partial charge < -0.3 is 19.3 Å². The summed E-state index contributed by atoms with van der Waals surface area (Å²) in [5, 5.41) is 20.2. The molecule has 0 amide bonds. The molecule has 0 aliphatic heterocycles. The number of nitriles is 1. The van der Waals surface area contributed by atoms with Crippen LogP contribution in [0.3, 0.4) is 0 Å². The monoisotopic (exact) mass is 433 g/mol. The normalized spacial score (nSPS) is 21.2. The largest absolute Gasteiger partial charge is 0.481 e. The minimum absolute atomic E-state index is 0.249. The summed E-state index contributed by atoms with van der Waals surface area (Å²) in [6, 6.07) is 18.1. The molecule has 0 heterocycles. The number of esters is 1. The van der Waals surface area contributed by atoms with Crippen molar-refractivity contribution in [3.05, 3.63) is 60.2 Å². The number of rotatable bonds is 7. The van der Waals surface area contributed by atoms with Crippen LogP contribution in [-0.4, -0.2) is 30.9 Å². The molecular weight excluding hydrogens is 410 g/mol. The Hall–Kier alpha value is -3.81. The molecule has 164 valence electrons. The molecule has 3 atom stereocenters. The first kappa shape index (κ1) is 22.9. The number of carbonyl (C=O) groups excluding carboxylic acids is 1. The number of benzene rings is 2. The average Bonchev–Trinajstić information content (AvgIpc) is 3.27. The molecule has 3 rings (SSSR count). The summed E-state index contributed by atoms with van der Waals surface area (Å²) in [5.41, 5.74) is -1.85. The van der Waals surface area contributed by atoms with Gasteiger partial charge in [-0.05, 0) is 35.2 Å². The zero-order valence-corrected chi connectivity index (χ0v) is 18.0. The molecule has 0 bridgehead atoms. The number of aliphatic carboxylic acids is 1. The van der Waals surface area contributed by atoms with Gasteiger partial charge in [0.25, 0.3) is 0 Å². The summed E-state index contributed by atoms with van der Waals surface area (Å²) in [6.45, 7) is 3.21. The maximum absolute atomic E-state index is 12.5. The molecule has 2 aromatic rings. The highest BCUT2D eigenvalue weighted by atomic mass is 16.7. The molecule has 0 spiro atoms. The zero-order valence-electron chi connectivity index (χ0n) is 18.0. The van der Waals surface area contributed by atoms with Gasteiger partial charge in [-0.15, -0.1) is 0 Å². The van der Waals surface area contributed by atoms with E-state index in [4.69, 9.17) is 9.47 Å². The third kappa shape index (κ3) is 4.03. The molecule has 0 radical (unpaired) electrons. The van der Waals surface area contributed by atoms with Gasteiger partial charge >= 0.3 is 11.9 Å². The van der Waals surface area contributed by atoms with Crippen LogP contribution in [0.15, 0.2) is 54.6 Å². The van der Waals surface area contributed by atoms with Gasteiger partial charge in [-0.3, -0.25) is 4.79 Å².